The number of carbonyl (C=O) groups excluding carboxylic acids is 5. The Morgan fingerprint density at radius 1 is 0.911 bits per heavy atom. The van der Waals surface area contributed by atoms with Gasteiger partial charge in [0.2, 0.25) is 11.7 Å². The van der Waals surface area contributed by atoms with Gasteiger partial charge in [0.1, 0.15) is 24.3 Å². The number of esters is 1. The molecule has 3 N–H and O–H groups in total. The van der Waals surface area contributed by atoms with Crippen LogP contribution in [-0.4, -0.2) is 65.9 Å². The van der Waals surface area contributed by atoms with Crippen LogP contribution in [0.3, 0.4) is 0 Å². The molecular formula is C34H42N4O7. The lowest BCUT2D eigenvalue weighted by Crippen LogP contribution is -2.56. The van der Waals surface area contributed by atoms with E-state index in [-0.39, 0.29) is 25.7 Å². The average Bonchev–Trinajstić information content (AvgIpc) is 3.39. The van der Waals surface area contributed by atoms with Crippen LogP contribution in [0.15, 0.2) is 60.7 Å². The number of rotatable bonds is 15. The molecule has 0 spiro atoms. The van der Waals surface area contributed by atoms with Crippen LogP contribution in [0.4, 0.5) is 0 Å². The Kier molecular flexibility index (Phi) is 12.3. The summed E-state index contributed by atoms with van der Waals surface area (Å²) in [6.07, 6.45) is 5.49. The summed E-state index contributed by atoms with van der Waals surface area (Å²) in [4.78, 5) is 65.1. The van der Waals surface area contributed by atoms with Gasteiger partial charge in [-0.2, -0.15) is 0 Å². The second-order valence-electron chi connectivity index (χ2n) is 11.3. The molecule has 240 valence electrons. The Hall–Kier alpha value is -4.51. The Morgan fingerprint density at radius 2 is 1.62 bits per heavy atom. The number of fused-ring (bicyclic) bond motifs is 1. The number of nitrogens with zero attached hydrogens (tertiary/aromatic N) is 1. The van der Waals surface area contributed by atoms with Gasteiger partial charge in [-0.25, -0.2) is 0 Å². The molecule has 0 radical (unpaired) electrons. The number of nitrogens with one attached hydrogen (secondary N) is 3. The number of amides is 3. The summed E-state index contributed by atoms with van der Waals surface area (Å²) in [5, 5.41) is 8.73. The number of Topliss-reactive ketones (excluding diaryl/α,β-unsaturated/α-hetero) is 1. The van der Waals surface area contributed by atoms with Crippen molar-refractivity contribution >= 4 is 40.4 Å². The molecule has 1 heterocycles. The van der Waals surface area contributed by atoms with Crippen molar-refractivity contribution in [3.05, 3.63) is 71.9 Å². The van der Waals surface area contributed by atoms with Crippen LogP contribution >= 0.6 is 0 Å². The second kappa shape index (κ2) is 16.5. The van der Waals surface area contributed by atoms with Gasteiger partial charge in [-0.1, -0.05) is 80.6 Å². The molecule has 11 heteroatoms. The molecule has 1 aliphatic rings. The van der Waals surface area contributed by atoms with E-state index >= 15 is 0 Å². The lowest BCUT2D eigenvalue weighted by molar-refractivity contribution is -0.146. The van der Waals surface area contributed by atoms with Gasteiger partial charge < -0.3 is 30.0 Å². The zero-order valence-electron chi connectivity index (χ0n) is 25.9. The number of ether oxygens (including phenoxy) is 2. The number of hydrogen-bond donors (Lipinski definition) is 3. The monoisotopic (exact) mass is 618 g/mol. The predicted molar refractivity (Wildman–Crippen MR) is 168 cm³/mol. The minimum absolute atomic E-state index is 0.127. The minimum atomic E-state index is -1.35. The van der Waals surface area contributed by atoms with Crippen LogP contribution < -0.4 is 16.0 Å². The normalized spacial score (nSPS) is 14.7. The number of para-hydroxylation sites is 1. The van der Waals surface area contributed by atoms with Crippen LogP contribution in [-0.2, 0) is 42.3 Å². The number of aromatic nitrogens is 1. The lowest BCUT2D eigenvalue weighted by Gasteiger charge is -2.28. The Labute approximate surface area is 263 Å². The van der Waals surface area contributed by atoms with E-state index in [4.69, 9.17) is 9.47 Å². The summed E-state index contributed by atoms with van der Waals surface area (Å²) < 4.78 is 12.3. The molecule has 3 amide bonds. The smallest absolute Gasteiger partial charge is 0.325 e. The van der Waals surface area contributed by atoms with Crippen LogP contribution in [0.2, 0.25) is 0 Å². The molecule has 3 aromatic rings. The van der Waals surface area contributed by atoms with E-state index < -0.39 is 48.1 Å². The van der Waals surface area contributed by atoms with E-state index in [0.717, 1.165) is 48.6 Å². The minimum Gasteiger partial charge on any atom is -0.465 e. The molecule has 45 heavy (non-hydrogen) atoms. The fourth-order valence-electron chi connectivity index (χ4n) is 5.66. The number of hydrogen-bond acceptors (Lipinski definition) is 7. The molecule has 0 aliphatic heterocycles. The summed E-state index contributed by atoms with van der Waals surface area (Å²) in [6, 6.07) is 16.3. The largest absolute Gasteiger partial charge is 0.465 e. The van der Waals surface area contributed by atoms with Crippen molar-refractivity contribution in [3.8, 4) is 0 Å². The van der Waals surface area contributed by atoms with Gasteiger partial charge in [0.25, 0.3) is 11.8 Å². The highest BCUT2D eigenvalue weighted by Crippen LogP contribution is 2.28. The van der Waals surface area contributed by atoms with Crippen molar-refractivity contribution in [1.82, 2.24) is 20.5 Å². The summed E-state index contributed by atoms with van der Waals surface area (Å²) >= 11 is 0. The zero-order chi connectivity index (χ0) is 32.2. The molecule has 0 bridgehead atoms. The summed E-state index contributed by atoms with van der Waals surface area (Å²) in [7, 11) is 1.79. The van der Waals surface area contributed by atoms with Crippen LogP contribution in [0.5, 0.6) is 0 Å². The fraction of sp³-hybridized carbons (Fsp3) is 0.441. The van der Waals surface area contributed by atoms with Gasteiger partial charge in [0.15, 0.2) is 0 Å². The standard InChI is InChI=1S/C34H42N4O7/c1-3-45-30(39)20-35-34(43)31(40)27(22-44-21-24-14-8-5-9-15-24)37-32(41)26(18-23-12-6-4-7-13-23)36-33(42)29-19-25-16-10-11-17-28(25)38(29)2/h5,8-11,14-17,19,23,26-27H,3-4,6-7,12-13,18,20-22H2,1-2H3,(H,35,43)(H,36,42)(H,37,41)/t26-,27?/m1/s1. The Balaban J connectivity index is 1.51. The maximum absolute atomic E-state index is 13.8. The van der Waals surface area contributed by atoms with E-state index in [1.54, 1.807) is 24.6 Å². The number of benzene rings is 2. The highest BCUT2D eigenvalue weighted by Gasteiger charge is 2.33. The summed E-state index contributed by atoms with van der Waals surface area (Å²) in [5.74, 6) is -3.51. The predicted octanol–water partition coefficient (Wildman–Crippen LogP) is 3.20. The lowest BCUT2D eigenvalue weighted by atomic mass is 9.84. The first kappa shape index (κ1) is 33.4. The number of ketones is 1. The van der Waals surface area contributed by atoms with Crippen LogP contribution in [0, 0.1) is 5.92 Å². The van der Waals surface area contributed by atoms with Gasteiger partial charge in [-0.05, 0) is 37.0 Å². The molecule has 1 aliphatic carbocycles. The molecule has 0 saturated heterocycles. The van der Waals surface area contributed by atoms with E-state index in [0.29, 0.717) is 12.1 Å². The number of aryl methyl sites for hydroxylation is 1. The Bertz CT molecular complexity index is 1480. The average molecular weight is 619 g/mol. The molecule has 1 fully saturated rings. The molecule has 1 unspecified atom stereocenters. The topological polar surface area (TPSA) is 145 Å². The van der Waals surface area contributed by atoms with Crippen molar-refractivity contribution in [2.75, 3.05) is 19.8 Å². The molecule has 1 aromatic heterocycles. The van der Waals surface area contributed by atoms with Crippen molar-refractivity contribution < 1.29 is 33.4 Å². The maximum Gasteiger partial charge on any atom is 0.325 e. The number of carbonyl (C=O) groups is 5. The highest BCUT2D eigenvalue weighted by atomic mass is 16.5. The second-order valence-corrected chi connectivity index (χ2v) is 11.3. The fourth-order valence-corrected chi connectivity index (χ4v) is 5.66. The van der Waals surface area contributed by atoms with Crippen molar-refractivity contribution in [1.29, 1.82) is 0 Å². The Morgan fingerprint density at radius 3 is 2.33 bits per heavy atom. The zero-order valence-corrected chi connectivity index (χ0v) is 25.9. The molecule has 1 saturated carbocycles. The van der Waals surface area contributed by atoms with Gasteiger partial charge in [-0.15, -0.1) is 0 Å². The van der Waals surface area contributed by atoms with Gasteiger partial charge in [0, 0.05) is 18.0 Å². The molecular weight excluding hydrogens is 576 g/mol. The third kappa shape index (κ3) is 9.49. The summed E-state index contributed by atoms with van der Waals surface area (Å²) in [5.41, 5.74) is 2.12. The van der Waals surface area contributed by atoms with E-state index in [1.165, 1.54) is 0 Å². The van der Waals surface area contributed by atoms with E-state index in [9.17, 15) is 24.0 Å². The SMILES string of the molecule is CCOC(=O)CNC(=O)C(=O)C(COCc1ccccc1)NC(=O)[C@@H](CC1CCCCC1)NC(=O)c1cc2ccccc2n1C. The molecule has 2 aromatic carbocycles. The molecule has 2 atom stereocenters. The quantitative estimate of drug-likeness (QED) is 0.175. The maximum atomic E-state index is 13.8. The first-order chi connectivity index (χ1) is 21.8. The van der Waals surface area contributed by atoms with Gasteiger partial charge in [-0.3, -0.25) is 24.0 Å². The molecule has 4 rings (SSSR count). The van der Waals surface area contributed by atoms with Crippen molar-refractivity contribution in [3.63, 3.8) is 0 Å². The van der Waals surface area contributed by atoms with Gasteiger partial charge in [0.05, 0.1) is 19.8 Å². The van der Waals surface area contributed by atoms with Crippen LogP contribution in [0.25, 0.3) is 10.9 Å². The van der Waals surface area contributed by atoms with E-state index in [2.05, 4.69) is 16.0 Å². The van der Waals surface area contributed by atoms with Crippen LogP contribution in [0.1, 0.15) is 61.5 Å². The first-order valence-electron chi connectivity index (χ1n) is 15.5. The highest BCUT2D eigenvalue weighted by molar-refractivity contribution is 6.38. The third-order valence-electron chi connectivity index (χ3n) is 8.05. The third-order valence-corrected chi connectivity index (χ3v) is 8.05. The van der Waals surface area contributed by atoms with E-state index in [1.807, 2.05) is 54.6 Å². The van der Waals surface area contributed by atoms with Crippen molar-refractivity contribution in [2.45, 2.75) is 64.1 Å². The first-order valence-corrected chi connectivity index (χ1v) is 15.5. The van der Waals surface area contributed by atoms with Crippen molar-refractivity contribution in [2.24, 2.45) is 13.0 Å². The summed E-state index contributed by atoms with van der Waals surface area (Å²) in [6.45, 7) is 1.12. The molecule has 11 nitrogen and oxygen atoms in total. The van der Waals surface area contributed by atoms with Gasteiger partial charge >= 0.3 is 5.97 Å².